The molecule has 0 aromatic carbocycles. The van der Waals surface area contributed by atoms with Gasteiger partial charge in [-0.25, -0.2) is 0 Å². The second-order valence-corrected chi connectivity index (χ2v) is 3.58. The average molecular weight is 205 g/mol. The van der Waals surface area contributed by atoms with Crippen LogP contribution in [-0.4, -0.2) is 16.3 Å². The number of aromatic nitrogens is 2. The Morgan fingerprint density at radius 3 is 3.07 bits per heavy atom. The second kappa shape index (κ2) is 6.26. The van der Waals surface area contributed by atoms with E-state index in [1.165, 1.54) is 5.69 Å². The molecule has 0 fully saturated rings. The highest BCUT2D eigenvalue weighted by atomic mass is 15.3. The fraction of sp³-hybridized carbons (Fsp3) is 0.583. The van der Waals surface area contributed by atoms with Crippen LogP contribution in [0.1, 0.15) is 31.2 Å². The van der Waals surface area contributed by atoms with E-state index < -0.39 is 0 Å². The minimum atomic E-state index is 0.846. The predicted octanol–water partition coefficient (Wildman–Crippen LogP) is 1.71. The summed E-state index contributed by atoms with van der Waals surface area (Å²) in [6, 6.07) is 2.12. The fourth-order valence-corrected chi connectivity index (χ4v) is 1.55. The van der Waals surface area contributed by atoms with E-state index in [2.05, 4.69) is 29.3 Å². The molecule has 0 bridgehead atoms. The van der Waals surface area contributed by atoms with Crippen LogP contribution in [-0.2, 0) is 13.1 Å². The first-order valence-corrected chi connectivity index (χ1v) is 5.45. The number of nitrogens with zero attached hydrogens (tertiary/aromatic N) is 2. The zero-order chi connectivity index (χ0) is 11.1. The van der Waals surface area contributed by atoms with Gasteiger partial charge in [0.15, 0.2) is 0 Å². The number of rotatable bonds is 6. The van der Waals surface area contributed by atoms with Crippen molar-refractivity contribution < 1.29 is 0 Å². The maximum Gasteiger partial charge on any atom is 0.0597 e. The molecule has 0 aliphatic rings. The van der Waals surface area contributed by atoms with Crippen LogP contribution in [0.25, 0.3) is 0 Å². The van der Waals surface area contributed by atoms with Crippen molar-refractivity contribution in [3.63, 3.8) is 0 Å². The minimum absolute atomic E-state index is 0.846. The van der Waals surface area contributed by atoms with Crippen molar-refractivity contribution in [3.8, 4) is 12.3 Å². The topological polar surface area (TPSA) is 29.9 Å². The van der Waals surface area contributed by atoms with Gasteiger partial charge in [-0.2, -0.15) is 5.10 Å². The maximum atomic E-state index is 5.18. The number of hydrogen-bond acceptors (Lipinski definition) is 2. The maximum absolute atomic E-state index is 5.18. The Hall–Kier alpha value is -1.27. The fourth-order valence-electron chi connectivity index (χ4n) is 1.55. The van der Waals surface area contributed by atoms with Gasteiger partial charge in [0.1, 0.15) is 0 Å². The molecule has 1 aromatic rings. The summed E-state index contributed by atoms with van der Waals surface area (Å²) in [6.07, 6.45) is 7.06. The molecule has 3 nitrogen and oxygen atoms in total. The lowest BCUT2D eigenvalue weighted by Crippen LogP contribution is -2.17. The van der Waals surface area contributed by atoms with Gasteiger partial charge in [-0.3, -0.25) is 4.68 Å². The standard InChI is InChI=1S/C12H19N3/c1-4-6-7-8-13-10-12-9-11(3)14-15(12)5-2/h1,9,13H,5-8,10H2,2-3H3. The lowest BCUT2D eigenvalue weighted by molar-refractivity contribution is 0.573. The summed E-state index contributed by atoms with van der Waals surface area (Å²) in [5, 5.41) is 7.76. The number of unbranched alkanes of at least 4 members (excludes halogenated alkanes) is 1. The van der Waals surface area contributed by atoms with Gasteiger partial charge in [-0.05, 0) is 32.9 Å². The van der Waals surface area contributed by atoms with Gasteiger partial charge in [-0.15, -0.1) is 12.3 Å². The first kappa shape index (κ1) is 11.8. The Morgan fingerprint density at radius 2 is 2.40 bits per heavy atom. The summed E-state index contributed by atoms with van der Waals surface area (Å²) in [5.74, 6) is 2.64. The molecule has 0 saturated heterocycles. The molecule has 0 aliphatic heterocycles. The molecule has 0 aliphatic carbocycles. The van der Waals surface area contributed by atoms with Crippen molar-refractivity contribution in [1.29, 1.82) is 0 Å². The van der Waals surface area contributed by atoms with Crippen LogP contribution in [0.5, 0.6) is 0 Å². The Morgan fingerprint density at radius 1 is 1.60 bits per heavy atom. The molecule has 0 spiro atoms. The first-order chi connectivity index (χ1) is 7.27. The largest absolute Gasteiger partial charge is 0.311 e. The smallest absolute Gasteiger partial charge is 0.0597 e. The summed E-state index contributed by atoms with van der Waals surface area (Å²) >= 11 is 0. The molecule has 0 radical (unpaired) electrons. The SMILES string of the molecule is C#CCCCNCc1cc(C)nn1CC. The Bertz CT molecular complexity index is 333. The van der Waals surface area contributed by atoms with Crippen LogP contribution < -0.4 is 5.32 Å². The van der Waals surface area contributed by atoms with E-state index in [1.54, 1.807) is 0 Å². The normalized spacial score (nSPS) is 10.2. The number of hydrogen-bond donors (Lipinski definition) is 1. The van der Waals surface area contributed by atoms with Crippen molar-refractivity contribution in [3.05, 3.63) is 17.5 Å². The third kappa shape index (κ3) is 3.77. The van der Waals surface area contributed by atoms with Crippen LogP contribution in [0, 0.1) is 19.3 Å². The van der Waals surface area contributed by atoms with Gasteiger partial charge < -0.3 is 5.32 Å². The lowest BCUT2D eigenvalue weighted by Gasteiger charge is -2.05. The summed E-state index contributed by atoms with van der Waals surface area (Å²) < 4.78 is 2.03. The highest BCUT2D eigenvalue weighted by Gasteiger charge is 2.02. The van der Waals surface area contributed by atoms with Crippen molar-refractivity contribution in [2.75, 3.05) is 6.54 Å². The van der Waals surface area contributed by atoms with E-state index in [0.717, 1.165) is 38.2 Å². The van der Waals surface area contributed by atoms with Gasteiger partial charge in [0.05, 0.1) is 11.4 Å². The number of nitrogens with one attached hydrogen (secondary N) is 1. The van der Waals surface area contributed by atoms with E-state index in [9.17, 15) is 0 Å². The third-order valence-corrected chi connectivity index (χ3v) is 2.27. The van der Waals surface area contributed by atoms with Crippen molar-refractivity contribution in [2.24, 2.45) is 0 Å². The van der Waals surface area contributed by atoms with Crippen LogP contribution in [0.15, 0.2) is 6.07 Å². The Kier molecular flexibility index (Phi) is 4.92. The number of terminal acetylenes is 1. The van der Waals surface area contributed by atoms with E-state index in [-0.39, 0.29) is 0 Å². The van der Waals surface area contributed by atoms with Crippen molar-refractivity contribution >= 4 is 0 Å². The van der Waals surface area contributed by atoms with E-state index >= 15 is 0 Å². The molecule has 0 saturated carbocycles. The van der Waals surface area contributed by atoms with E-state index in [1.807, 2.05) is 11.6 Å². The Labute approximate surface area is 91.9 Å². The van der Waals surface area contributed by atoms with E-state index in [0.29, 0.717) is 0 Å². The first-order valence-electron chi connectivity index (χ1n) is 5.45. The third-order valence-electron chi connectivity index (χ3n) is 2.27. The molecular weight excluding hydrogens is 186 g/mol. The van der Waals surface area contributed by atoms with Crippen LogP contribution >= 0.6 is 0 Å². The zero-order valence-electron chi connectivity index (χ0n) is 9.58. The van der Waals surface area contributed by atoms with Gasteiger partial charge in [-0.1, -0.05) is 0 Å². The highest BCUT2D eigenvalue weighted by molar-refractivity contribution is 5.08. The Balaban J connectivity index is 2.33. The van der Waals surface area contributed by atoms with Gasteiger partial charge in [0, 0.05) is 19.5 Å². The zero-order valence-corrected chi connectivity index (χ0v) is 9.58. The molecule has 1 rings (SSSR count). The molecule has 1 N–H and O–H groups in total. The number of aryl methyl sites for hydroxylation is 2. The van der Waals surface area contributed by atoms with Crippen LogP contribution in [0.2, 0.25) is 0 Å². The summed E-state index contributed by atoms with van der Waals surface area (Å²) in [4.78, 5) is 0. The highest BCUT2D eigenvalue weighted by Crippen LogP contribution is 2.03. The van der Waals surface area contributed by atoms with Gasteiger partial charge in [0.25, 0.3) is 0 Å². The van der Waals surface area contributed by atoms with E-state index in [4.69, 9.17) is 6.42 Å². The van der Waals surface area contributed by atoms with Crippen molar-refractivity contribution in [1.82, 2.24) is 15.1 Å². The molecule has 0 amide bonds. The van der Waals surface area contributed by atoms with Gasteiger partial charge >= 0.3 is 0 Å². The molecule has 15 heavy (non-hydrogen) atoms. The second-order valence-electron chi connectivity index (χ2n) is 3.58. The molecule has 82 valence electrons. The molecule has 0 atom stereocenters. The molecular formula is C12H19N3. The predicted molar refractivity (Wildman–Crippen MR) is 62.4 cm³/mol. The quantitative estimate of drug-likeness (QED) is 0.566. The van der Waals surface area contributed by atoms with Crippen LogP contribution in [0.4, 0.5) is 0 Å². The summed E-state index contributed by atoms with van der Waals surface area (Å²) in [7, 11) is 0. The molecule has 3 heteroatoms. The van der Waals surface area contributed by atoms with Crippen molar-refractivity contribution in [2.45, 2.75) is 39.8 Å². The summed E-state index contributed by atoms with van der Waals surface area (Å²) in [6.45, 7) is 6.90. The summed E-state index contributed by atoms with van der Waals surface area (Å²) in [5.41, 5.74) is 2.33. The minimum Gasteiger partial charge on any atom is -0.311 e. The monoisotopic (exact) mass is 205 g/mol. The molecule has 1 heterocycles. The lowest BCUT2D eigenvalue weighted by atomic mass is 10.3. The molecule has 1 aromatic heterocycles. The van der Waals surface area contributed by atoms with Gasteiger partial charge in [0.2, 0.25) is 0 Å². The van der Waals surface area contributed by atoms with Crippen LogP contribution in [0.3, 0.4) is 0 Å². The molecule has 0 unspecified atom stereocenters. The average Bonchev–Trinajstić information content (AvgIpc) is 2.59.